The molecule has 0 bridgehead atoms. The van der Waals surface area contributed by atoms with Crippen molar-refractivity contribution in [3.63, 3.8) is 0 Å². The minimum absolute atomic E-state index is 0.0535. The van der Waals surface area contributed by atoms with Crippen LogP contribution in [0, 0.1) is 0 Å². The van der Waals surface area contributed by atoms with Gasteiger partial charge in [0.25, 0.3) is 5.91 Å². The third-order valence-electron chi connectivity index (χ3n) is 3.64. The molecule has 0 spiro atoms. The molecule has 0 radical (unpaired) electrons. The van der Waals surface area contributed by atoms with Gasteiger partial charge in [0.1, 0.15) is 0 Å². The molecular formula is C16H18N2OS. The van der Waals surface area contributed by atoms with Gasteiger partial charge in [-0.25, -0.2) is 0 Å². The fraction of sp³-hybridized carbons (Fsp3) is 0.312. The highest BCUT2D eigenvalue weighted by atomic mass is 32.1. The number of hydrogen-bond donors (Lipinski definition) is 1. The number of thiophene rings is 1. The molecule has 1 aliphatic rings. The number of carbonyl (C=O) groups is 1. The zero-order valence-corrected chi connectivity index (χ0v) is 12.1. The maximum absolute atomic E-state index is 12.0. The first-order valence-corrected chi connectivity index (χ1v) is 7.85. The van der Waals surface area contributed by atoms with Gasteiger partial charge in [0.15, 0.2) is 0 Å². The van der Waals surface area contributed by atoms with Gasteiger partial charge in [-0.15, -0.1) is 0 Å². The van der Waals surface area contributed by atoms with E-state index in [1.807, 2.05) is 22.9 Å². The van der Waals surface area contributed by atoms with E-state index in [2.05, 4.69) is 34.5 Å². The monoisotopic (exact) mass is 286 g/mol. The van der Waals surface area contributed by atoms with E-state index >= 15 is 0 Å². The average molecular weight is 286 g/mol. The van der Waals surface area contributed by atoms with Crippen molar-refractivity contribution in [2.45, 2.75) is 19.0 Å². The highest BCUT2D eigenvalue weighted by Crippen LogP contribution is 2.14. The highest BCUT2D eigenvalue weighted by Gasteiger charge is 2.24. The van der Waals surface area contributed by atoms with Crippen molar-refractivity contribution in [1.82, 2.24) is 10.2 Å². The van der Waals surface area contributed by atoms with E-state index in [1.165, 1.54) is 5.56 Å². The number of hydrogen-bond acceptors (Lipinski definition) is 3. The summed E-state index contributed by atoms with van der Waals surface area (Å²) in [6.45, 7) is 2.94. The Balaban J connectivity index is 1.51. The lowest BCUT2D eigenvalue weighted by molar-refractivity contribution is 0.0938. The SMILES string of the molecule is O=C(N[C@@H]1CCN(Cc2ccccc2)C1)c1ccsc1. The van der Waals surface area contributed by atoms with E-state index in [-0.39, 0.29) is 11.9 Å². The van der Waals surface area contributed by atoms with Gasteiger partial charge < -0.3 is 5.32 Å². The zero-order chi connectivity index (χ0) is 13.8. The second kappa shape index (κ2) is 6.20. The Labute approximate surface area is 123 Å². The van der Waals surface area contributed by atoms with Crippen LogP contribution < -0.4 is 5.32 Å². The van der Waals surface area contributed by atoms with E-state index in [4.69, 9.17) is 0 Å². The van der Waals surface area contributed by atoms with Crippen molar-refractivity contribution in [1.29, 1.82) is 0 Å². The number of likely N-dealkylation sites (tertiary alicyclic amines) is 1. The van der Waals surface area contributed by atoms with Crippen LogP contribution in [0.15, 0.2) is 47.2 Å². The maximum Gasteiger partial charge on any atom is 0.252 e. The van der Waals surface area contributed by atoms with Gasteiger partial charge >= 0.3 is 0 Å². The summed E-state index contributed by atoms with van der Waals surface area (Å²) in [5.74, 6) is 0.0535. The summed E-state index contributed by atoms with van der Waals surface area (Å²) in [6, 6.07) is 12.6. The van der Waals surface area contributed by atoms with Gasteiger partial charge in [0.05, 0.1) is 0 Å². The van der Waals surface area contributed by atoms with E-state index in [0.717, 1.165) is 31.6 Å². The number of rotatable bonds is 4. The fourth-order valence-corrected chi connectivity index (χ4v) is 3.23. The van der Waals surface area contributed by atoms with Crippen molar-refractivity contribution in [2.24, 2.45) is 0 Å². The highest BCUT2D eigenvalue weighted by molar-refractivity contribution is 7.08. The summed E-state index contributed by atoms with van der Waals surface area (Å²) in [4.78, 5) is 14.4. The lowest BCUT2D eigenvalue weighted by atomic mass is 10.2. The van der Waals surface area contributed by atoms with Gasteiger partial charge in [-0.2, -0.15) is 11.3 Å². The lowest BCUT2D eigenvalue weighted by Gasteiger charge is -2.16. The van der Waals surface area contributed by atoms with Gasteiger partial charge in [0.2, 0.25) is 0 Å². The predicted molar refractivity (Wildman–Crippen MR) is 81.9 cm³/mol. The second-order valence-corrected chi connectivity index (χ2v) is 5.97. The molecule has 3 rings (SSSR count). The molecule has 3 nitrogen and oxygen atoms in total. The first kappa shape index (κ1) is 13.3. The zero-order valence-electron chi connectivity index (χ0n) is 11.3. The van der Waals surface area contributed by atoms with E-state index in [0.29, 0.717) is 0 Å². The third-order valence-corrected chi connectivity index (χ3v) is 4.32. The van der Waals surface area contributed by atoms with Crippen LogP contribution in [0.5, 0.6) is 0 Å². The first-order chi connectivity index (χ1) is 9.81. The number of amides is 1. The van der Waals surface area contributed by atoms with Crippen LogP contribution in [0.2, 0.25) is 0 Å². The summed E-state index contributed by atoms with van der Waals surface area (Å²) in [6.07, 6.45) is 1.03. The molecule has 20 heavy (non-hydrogen) atoms. The van der Waals surface area contributed by atoms with Crippen LogP contribution in [-0.4, -0.2) is 29.9 Å². The van der Waals surface area contributed by atoms with Crippen LogP contribution >= 0.6 is 11.3 Å². The predicted octanol–water partition coefficient (Wildman–Crippen LogP) is 2.75. The molecule has 2 heterocycles. The first-order valence-electron chi connectivity index (χ1n) is 6.90. The Morgan fingerprint density at radius 3 is 2.90 bits per heavy atom. The quantitative estimate of drug-likeness (QED) is 0.937. The van der Waals surface area contributed by atoms with Crippen molar-refractivity contribution in [3.8, 4) is 0 Å². The van der Waals surface area contributed by atoms with E-state index < -0.39 is 0 Å². The van der Waals surface area contributed by atoms with Crippen LogP contribution in [0.25, 0.3) is 0 Å². The lowest BCUT2D eigenvalue weighted by Crippen LogP contribution is -2.36. The van der Waals surface area contributed by atoms with Gasteiger partial charge in [-0.1, -0.05) is 30.3 Å². The average Bonchev–Trinajstić information content (AvgIpc) is 3.11. The van der Waals surface area contributed by atoms with Crippen LogP contribution in [0.3, 0.4) is 0 Å². The minimum atomic E-state index is 0.0535. The molecule has 104 valence electrons. The van der Waals surface area contributed by atoms with Crippen LogP contribution in [0.1, 0.15) is 22.3 Å². The number of benzene rings is 1. The Morgan fingerprint density at radius 2 is 2.15 bits per heavy atom. The van der Waals surface area contributed by atoms with E-state index in [9.17, 15) is 4.79 Å². The Hall–Kier alpha value is -1.65. The van der Waals surface area contributed by atoms with E-state index in [1.54, 1.807) is 11.3 Å². The van der Waals surface area contributed by atoms with Gasteiger partial charge in [-0.3, -0.25) is 9.69 Å². The molecule has 4 heteroatoms. The van der Waals surface area contributed by atoms with Gasteiger partial charge in [0, 0.05) is 36.6 Å². The summed E-state index contributed by atoms with van der Waals surface area (Å²) in [5, 5.41) is 6.95. The topological polar surface area (TPSA) is 32.3 Å². The fourth-order valence-electron chi connectivity index (χ4n) is 2.60. The summed E-state index contributed by atoms with van der Waals surface area (Å²) in [7, 11) is 0. The Bertz CT molecular complexity index is 553. The summed E-state index contributed by atoms with van der Waals surface area (Å²) in [5.41, 5.74) is 2.11. The van der Waals surface area contributed by atoms with Crippen molar-refractivity contribution >= 4 is 17.2 Å². The number of nitrogens with zero attached hydrogens (tertiary/aromatic N) is 1. The molecule has 1 aromatic heterocycles. The smallest absolute Gasteiger partial charge is 0.252 e. The molecule has 1 N–H and O–H groups in total. The minimum Gasteiger partial charge on any atom is -0.348 e. The van der Waals surface area contributed by atoms with Crippen molar-refractivity contribution in [3.05, 3.63) is 58.3 Å². The van der Waals surface area contributed by atoms with Crippen molar-refractivity contribution < 1.29 is 4.79 Å². The largest absolute Gasteiger partial charge is 0.348 e. The summed E-state index contributed by atoms with van der Waals surface area (Å²) < 4.78 is 0. The molecule has 1 amide bonds. The molecule has 0 unspecified atom stereocenters. The molecule has 1 saturated heterocycles. The molecule has 0 saturated carbocycles. The number of carbonyl (C=O) groups excluding carboxylic acids is 1. The standard InChI is InChI=1S/C16H18N2OS/c19-16(14-7-9-20-12-14)17-15-6-8-18(11-15)10-13-4-2-1-3-5-13/h1-5,7,9,12,15H,6,8,10-11H2,(H,17,19)/t15-/m1/s1. The van der Waals surface area contributed by atoms with Crippen LogP contribution in [0.4, 0.5) is 0 Å². The molecule has 2 aromatic rings. The third kappa shape index (κ3) is 3.26. The summed E-state index contributed by atoms with van der Waals surface area (Å²) >= 11 is 1.56. The van der Waals surface area contributed by atoms with Crippen LogP contribution in [-0.2, 0) is 6.54 Å². The Kier molecular flexibility index (Phi) is 4.14. The molecule has 0 aliphatic carbocycles. The van der Waals surface area contributed by atoms with Gasteiger partial charge in [-0.05, 0) is 23.4 Å². The maximum atomic E-state index is 12.0. The molecular weight excluding hydrogens is 268 g/mol. The molecule has 1 fully saturated rings. The molecule has 1 aliphatic heterocycles. The Morgan fingerprint density at radius 1 is 1.30 bits per heavy atom. The van der Waals surface area contributed by atoms with Crippen molar-refractivity contribution in [2.75, 3.05) is 13.1 Å². The number of nitrogens with one attached hydrogen (secondary N) is 1. The molecule has 1 aromatic carbocycles. The normalized spacial score (nSPS) is 19.1. The second-order valence-electron chi connectivity index (χ2n) is 5.19. The molecule has 1 atom stereocenters.